The molecule has 6 nitrogen and oxygen atoms in total. The van der Waals surface area contributed by atoms with E-state index in [-0.39, 0.29) is 12.7 Å². The highest BCUT2D eigenvalue weighted by molar-refractivity contribution is 6.16. The Morgan fingerprint density at radius 2 is 2.29 bits per heavy atom. The summed E-state index contributed by atoms with van der Waals surface area (Å²) in [6.45, 7) is 5.09. The highest BCUT2D eigenvalue weighted by atomic mass is 16.6. The van der Waals surface area contributed by atoms with Gasteiger partial charge in [-0.1, -0.05) is 6.58 Å². The highest BCUT2D eigenvalue weighted by Gasteiger charge is 2.30. The molecule has 1 aliphatic rings. The summed E-state index contributed by atoms with van der Waals surface area (Å²) in [5, 5.41) is 10.5. The van der Waals surface area contributed by atoms with E-state index in [9.17, 15) is 15.0 Å². The topological polar surface area (TPSA) is 98.1 Å². The van der Waals surface area contributed by atoms with Crippen LogP contribution in [0.25, 0.3) is 5.73 Å². The Morgan fingerprint density at radius 1 is 1.71 bits per heavy atom. The summed E-state index contributed by atoms with van der Waals surface area (Å²) < 4.78 is 0. The van der Waals surface area contributed by atoms with Crippen molar-refractivity contribution in [2.24, 2.45) is 0 Å². The van der Waals surface area contributed by atoms with Gasteiger partial charge in [0.05, 0.1) is 10.5 Å². The van der Waals surface area contributed by atoms with Crippen LogP contribution in [0.2, 0.25) is 0 Å². The van der Waals surface area contributed by atoms with Crippen molar-refractivity contribution >= 4 is 5.71 Å². The van der Waals surface area contributed by atoms with Crippen LogP contribution in [0.15, 0.2) is 35.2 Å². The van der Waals surface area contributed by atoms with Gasteiger partial charge in [-0.3, -0.25) is 10.1 Å². The van der Waals surface area contributed by atoms with Crippen LogP contribution < -0.4 is 4.85 Å². The SMILES string of the molecule is C=C1C(C)=CC([N+](=O)[O-])=C([NH-])C1=[N+]=O.[H+]. The molecule has 0 bridgehead atoms. The molecule has 6 heteroatoms. The van der Waals surface area contributed by atoms with Gasteiger partial charge in [-0.2, -0.15) is 0 Å². The van der Waals surface area contributed by atoms with E-state index in [0.717, 1.165) is 0 Å². The first-order chi connectivity index (χ1) is 6.49. The van der Waals surface area contributed by atoms with Gasteiger partial charge in [0.2, 0.25) is 4.85 Å². The van der Waals surface area contributed by atoms with E-state index in [1.54, 1.807) is 6.92 Å². The van der Waals surface area contributed by atoms with Crippen molar-refractivity contribution in [3.8, 4) is 0 Å². The standard InChI is InChI=1S/C8H7N3O3/c1-4-3-6(11(13)14)7(9)8(10-12)5(4)2/h3,9H,2H2,1H3/p+1. The molecule has 1 aliphatic carbocycles. The molecule has 0 heterocycles. The second kappa shape index (κ2) is 3.27. The minimum absolute atomic E-state index is 0. The third-order valence-corrected chi connectivity index (χ3v) is 1.90. The minimum atomic E-state index is -0.719. The lowest BCUT2D eigenvalue weighted by Crippen LogP contribution is -2.16. The third-order valence-electron chi connectivity index (χ3n) is 1.90. The third kappa shape index (κ3) is 1.34. The Hall–Kier alpha value is -2.20. The van der Waals surface area contributed by atoms with Crippen LogP contribution in [0.3, 0.4) is 0 Å². The van der Waals surface area contributed by atoms with Gasteiger partial charge in [0.1, 0.15) is 0 Å². The van der Waals surface area contributed by atoms with Gasteiger partial charge >= 0.3 is 7.14 Å². The molecule has 14 heavy (non-hydrogen) atoms. The Kier molecular flexibility index (Phi) is 2.31. The molecule has 0 radical (unpaired) electrons. The minimum Gasteiger partial charge on any atom is -0.686 e. The second-order valence-electron chi connectivity index (χ2n) is 2.76. The lowest BCUT2D eigenvalue weighted by Gasteiger charge is -2.10. The molecule has 0 unspecified atom stereocenters. The first kappa shape index (κ1) is 9.88. The predicted molar refractivity (Wildman–Crippen MR) is 52.9 cm³/mol. The molecule has 0 amide bonds. The number of nitrogens with zero attached hydrogens (tertiary/aromatic N) is 2. The predicted octanol–water partition coefficient (Wildman–Crippen LogP) is 1.43. The highest BCUT2D eigenvalue weighted by Crippen LogP contribution is 2.24. The lowest BCUT2D eigenvalue weighted by molar-refractivity contribution is -0.419. The Morgan fingerprint density at radius 3 is 2.71 bits per heavy atom. The van der Waals surface area contributed by atoms with Gasteiger partial charge in [-0.15, -0.1) is 0 Å². The molecule has 0 aromatic carbocycles. The van der Waals surface area contributed by atoms with E-state index in [1.165, 1.54) is 6.08 Å². The van der Waals surface area contributed by atoms with Crippen LogP contribution in [0.5, 0.6) is 0 Å². The Bertz CT molecular complexity index is 444. The summed E-state index contributed by atoms with van der Waals surface area (Å²) in [4.78, 5) is 22.7. The molecule has 1 N–H and O–H groups in total. The molecule has 0 spiro atoms. The molecule has 0 aromatic heterocycles. The van der Waals surface area contributed by atoms with Crippen molar-refractivity contribution in [3.63, 3.8) is 0 Å². The van der Waals surface area contributed by atoms with E-state index in [0.29, 0.717) is 5.57 Å². The van der Waals surface area contributed by atoms with Crippen molar-refractivity contribution in [1.29, 1.82) is 0 Å². The molecule has 0 aliphatic heterocycles. The molecule has 0 fully saturated rings. The van der Waals surface area contributed by atoms with Gasteiger partial charge < -0.3 is 5.73 Å². The summed E-state index contributed by atoms with van der Waals surface area (Å²) in [6.07, 6.45) is 1.21. The fourth-order valence-corrected chi connectivity index (χ4v) is 1.07. The van der Waals surface area contributed by atoms with E-state index in [4.69, 9.17) is 5.73 Å². The van der Waals surface area contributed by atoms with Crippen molar-refractivity contribution in [1.82, 2.24) is 4.85 Å². The molecule has 0 atom stereocenters. The first-order valence-electron chi connectivity index (χ1n) is 3.68. The van der Waals surface area contributed by atoms with E-state index in [1.807, 2.05) is 0 Å². The van der Waals surface area contributed by atoms with Crippen LogP contribution in [-0.4, -0.2) is 10.6 Å². The quantitative estimate of drug-likeness (QED) is 0.358. The fourth-order valence-electron chi connectivity index (χ4n) is 1.07. The summed E-state index contributed by atoms with van der Waals surface area (Å²) >= 11 is 0. The van der Waals surface area contributed by atoms with Gasteiger partial charge in [0.25, 0.3) is 5.70 Å². The molecular weight excluding hydrogens is 186 g/mol. The van der Waals surface area contributed by atoms with Crippen LogP contribution in [0, 0.1) is 15.0 Å². The Balaban J connectivity index is 0.00000196. The van der Waals surface area contributed by atoms with Crippen molar-refractivity contribution in [2.75, 3.05) is 0 Å². The molecular formula is C8H8N3O3+. The molecule has 0 aromatic rings. The number of nitro groups is 1. The zero-order valence-electron chi connectivity index (χ0n) is 8.40. The number of rotatable bonds is 1. The van der Waals surface area contributed by atoms with Crippen molar-refractivity contribution in [2.45, 2.75) is 6.92 Å². The zero-order valence-corrected chi connectivity index (χ0v) is 7.40. The largest absolute Gasteiger partial charge is 1.00 e. The fraction of sp³-hybridized carbons (Fsp3) is 0.125. The van der Waals surface area contributed by atoms with Gasteiger partial charge in [0.15, 0.2) is 4.91 Å². The zero-order chi connectivity index (χ0) is 10.9. The summed E-state index contributed by atoms with van der Waals surface area (Å²) in [5.74, 6) is 0. The summed E-state index contributed by atoms with van der Waals surface area (Å²) in [7, 11) is 0. The molecule has 0 saturated carbocycles. The van der Waals surface area contributed by atoms with E-state index in [2.05, 4.69) is 11.4 Å². The summed E-state index contributed by atoms with van der Waals surface area (Å²) in [5.41, 5.74) is 6.89. The average Bonchev–Trinajstić information content (AvgIpc) is 2.12. The summed E-state index contributed by atoms with van der Waals surface area (Å²) in [6, 6.07) is 0. The van der Waals surface area contributed by atoms with Crippen molar-refractivity contribution < 1.29 is 6.35 Å². The molecule has 1 rings (SSSR count). The number of hydrogen-bond donors (Lipinski definition) is 0. The average molecular weight is 194 g/mol. The van der Waals surface area contributed by atoms with Crippen molar-refractivity contribution in [3.05, 3.63) is 56.0 Å². The monoisotopic (exact) mass is 194 g/mol. The maximum absolute atomic E-state index is 10.5. The lowest BCUT2D eigenvalue weighted by atomic mass is 9.95. The van der Waals surface area contributed by atoms with Crippen LogP contribution in [0.4, 0.5) is 0 Å². The molecule has 72 valence electrons. The van der Waals surface area contributed by atoms with E-state index < -0.39 is 16.3 Å². The smallest absolute Gasteiger partial charge is 0.686 e. The number of hydrogen-bond acceptors (Lipinski definition) is 3. The van der Waals surface area contributed by atoms with Crippen LogP contribution >= 0.6 is 0 Å². The van der Waals surface area contributed by atoms with Gasteiger partial charge in [0, 0.05) is 11.8 Å². The number of allylic oxidation sites excluding steroid dienone is 3. The number of nitroso groups, excluding NO2 is 1. The van der Waals surface area contributed by atoms with Crippen LogP contribution in [0.1, 0.15) is 8.35 Å². The first-order valence-corrected chi connectivity index (χ1v) is 3.68. The van der Waals surface area contributed by atoms with Crippen LogP contribution in [-0.2, 0) is 0 Å². The maximum atomic E-state index is 10.5. The normalized spacial score (nSPS) is 16.5. The van der Waals surface area contributed by atoms with Gasteiger partial charge in [-0.25, -0.2) is 0 Å². The van der Waals surface area contributed by atoms with E-state index >= 15 is 0 Å². The maximum Gasteiger partial charge on any atom is 1.00 e. The molecule has 0 saturated heterocycles. The Labute approximate surface area is 80.7 Å². The number of nitrogens with one attached hydrogen (secondary N) is 1. The second-order valence-corrected chi connectivity index (χ2v) is 2.76. The van der Waals surface area contributed by atoms with Gasteiger partial charge in [-0.05, 0) is 12.5 Å².